The van der Waals surface area contributed by atoms with E-state index in [9.17, 15) is 0 Å². The number of nitrogens with zero attached hydrogens (tertiary/aromatic N) is 2. The average Bonchev–Trinajstić information content (AvgIpc) is 2.99. The normalized spacial score (nSPS) is 11.2. The zero-order valence-electron chi connectivity index (χ0n) is 10.2. The van der Waals surface area contributed by atoms with E-state index in [0.717, 1.165) is 31.2 Å². The fourth-order valence-corrected chi connectivity index (χ4v) is 1.81. The van der Waals surface area contributed by atoms with Crippen LogP contribution in [-0.4, -0.2) is 21.4 Å². The van der Waals surface area contributed by atoms with Crippen LogP contribution in [0.25, 0.3) is 0 Å². The van der Waals surface area contributed by atoms with Gasteiger partial charge in [-0.2, -0.15) is 0 Å². The summed E-state index contributed by atoms with van der Waals surface area (Å²) in [5, 5.41) is 0. The fourth-order valence-electron chi connectivity index (χ4n) is 1.81. The summed E-state index contributed by atoms with van der Waals surface area (Å²) >= 11 is 0. The molecule has 0 saturated carbocycles. The van der Waals surface area contributed by atoms with Crippen LogP contribution in [0.3, 0.4) is 0 Å². The number of aromatic amines is 1. The van der Waals surface area contributed by atoms with Crippen molar-refractivity contribution < 1.29 is 4.42 Å². The third-order valence-electron chi connectivity index (χ3n) is 2.72. The second kappa shape index (κ2) is 6.25. The lowest BCUT2D eigenvalue weighted by molar-refractivity contribution is 0.227. The van der Waals surface area contributed by atoms with Crippen molar-refractivity contribution in [3.63, 3.8) is 0 Å². The van der Waals surface area contributed by atoms with Gasteiger partial charge in [0.1, 0.15) is 11.6 Å². The highest BCUT2D eigenvalue weighted by atomic mass is 16.3. The van der Waals surface area contributed by atoms with E-state index in [-0.39, 0.29) is 0 Å². The van der Waals surface area contributed by atoms with E-state index in [4.69, 9.17) is 4.42 Å². The van der Waals surface area contributed by atoms with Crippen molar-refractivity contribution in [2.45, 2.75) is 32.9 Å². The first-order valence-electron chi connectivity index (χ1n) is 6.11. The molecule has 4 heteroatoms. The van der Waals surface area contributed by atoms with E-state index >= 15 is 0 Å². The van der Waals surface area contributed by atoms with Gasteiger partial charge in [0.15, 0.2) is 0 Å². The van der Waals surface area contributed by atoms with Gasteiger partial charge >= 0.3 is 0 Å². The summed E-state index contributed by atoms with van der Waals surface area (Å²) in [6.07, 6.45) is 7.77. The molecule has 0 aliphatic heterocycles. The number of furan rings is 1. The minimum Gasteiger partial charge on any atom is -0.468 e. The first-order chi connectivity index (χ1) is 8.38. The number of unbranched alkanes of at least 4 members (excludes halogenated alkanes) is 1. The molecule has 2 aromatic heterocycles. The Morgan fingerprint density at radius 2 is 2.35 bits per heavy atom. The first kappa shape index (κ1) is 11.9. The summed E-state index contributed by atoms with van der Waals surface area (Å²) < 4.78 is 5.39. The van der Waals surface area contributed by atoms with Gasteiger partial charge in [0.2, 0.25) is 0 Å². The molecule has 2 heterocycles. The van der Waals surface area contributed by atoms with Gasteiger partial charge < -0.3 is 9.40 Å². The molecule has 0 radical (unpaired) electrons. The largest absolute Gasteiger partial charge is 0.468 e. The Balaban J connectivity index is 1.92. The molecule has 0 aromatic carbocycles. The van der Waals surface area contributed by atoms with Crippen molar-refractivity contribution in [1.29, 1.82) is 0 Å². The van der Waals surface area contributed by atoms with Gasteiger partial charge in [-0.25, -0.2) is 4.98 Å². The summed E-state index contributed by atoms with van der Waals surface area (Å²) in [4.78, 5) is 9.75. The maximum absolute atomic E-state index is 5.39. The standard InChI is InChI=1S/C13H19N3O/c1-2-3-8-16(10-12-5-4-9-17-12)11-13-14-6-7-15-13/h4-7,9H,2-3,8,10-11H2,1H3,(H,14,15). The van der Waals surface area contributed by atoms with Crippen molar-refractivity contribution in [3.8, 4) is 0 Å². The fraction of sp³-hybridized carbons (Fsp3) is 0.462. The van der Waals surface area contributed by atoms with Crippen LogP contribution in [0, 0.1) is 0 Å². The second-order valence-corrected chi connectivity index (χ2v) is 4.18. The molecule has 92 valence electrons. The van der Waals surface area contributed by atoms with Gasteiger partial charge in [-0.1, -0.05) is 13.3 Å². The molecule has 17 heavy (non-hydrogen) atoms. The van der Waals surface area contributed by atoms with Crippen LogP contribution in [0.1, 0.15) is 31.4 Å². The van der Waals surface area contributed by atoms with Crippen molar-refractivity contribution in [1.82, 2.24) is 14.9 Å². The van der Waals surface area contributed by atoms with Crippen molar-refractivity contribution in [3.05, 3.63) is 42.4 Å². The van der Waals surface area contributed by atoms with Crippen molar-refractivity contribution in [2.24, 2.45) is 0 Å². The third-order valence-corrected chi connectivity index (χ3v) is 2.72. The minimum atomic E-state index is 0.841. The monoisotopic (exact) mass is 233 g/mol. The zero-order valence-corrected chi connectivity index (χ0v) is 10.2. The van der Waals surface area contributed by atoms with Gasteiger partial charge in [0.25, 0.3) is 0 Å². The third kappa shape index (κ3) is 3.75. The molecule has 0 saturated heterocycles. The molecule has 4 nitrogen and oxygen atoms in total. The molecular formula is C13H19N3O. The smallest absolute Gasteiger partial charge is 0.120 e. The highest BCUT2D eigenvalue weighted by Gasteiger charge is 2.09. The lowest BCUT2D eigenvalue weighted by atomic mass is 10.3. The van der Waals surface area contributed by atoms with E-state index in [1.54, 1.807) is 12.5 Å². The van der Waals surface area contributed by atoms with E-state index in [0.29, 0.717) is 0 Å². The van der Waals surface area contributed by atoms with Gasteiger partial charge in [-0.15, -0.1) is 0 Å². The van der Waals surface area contributed by atoms with Gasteiger partial charge in [0.05, 0.1) is 19.4 Å². The Morgan fingerprint density at radius 3 is 3.00 bits per heavy atom. The summed E-state index contributed by atoms with van der Waals surface area (Å²) in [6, 6.07) is 3.95. The Labute approximate surface area is 102 Å². The van der Waals surface area contributed by atoms with Crippen LogP contribution >= 0.6 is 0 Å². The Kier molecular flexibility index (Phi) is 4.38. The van der Waals surface area contributed by atoms with Crippen LogP contribution in [0.15, 0.2) is 35.2 Å². The number of aromatic nitrogens is 2. The molecule has 0 aliphatic rings. The minimum absolute atomic E-state index is 0.841. The topological polar surface area (TPSA) is 45.1 Å². The Bertz CT molecular complexity index is 358. The molecule has 0 unspecified atom stereocenters. The Morgan fingerprint density at radius 1 is 1.41 bits per heavy atom. The molecular weight excluding hydrogens is 214 g/mol. The van der Waals surface area contributed by atoms with Crippen LogP contribution in [-0.2, 0) is 13.1 Å². The molecule has 2 aromatic rings. The lowest BCUT2D eigenvalue weighted by Crippen LogP contribution is -2.24. The van der Waals surface area contributed by atoms with Crippen molar-refractivity contribution >= 4 is 0 Å². The molecule has 0 fully saturated rings. The number of nitrogens with one attached hydrogen (secondary N) is 1. The molecule has 0 bridgehead atoms. The average molecular weight is 233 g/mol. The van der Waals surface area contributed by atoms with E-state index in [1.165, 1.54) is 12.8 Å². The molecule has 0 aliphatic carbocycles. The van der Waals surface area contributed by atoms with Gasteiger partial charge in [-0.3, -0.25) is 4.90 Å². The van der Waals surface area contributed by atoms with Gasteiger partial charge in [-0.05, 0) is 25.1 Å². The SMILES string of the molecule is CCCCN(Cc1ncc[nH]1)Cc1ccco1. The van der Waals surface area contributed by atoms with Crippen LogP contribution < -0.4 is 0 Å². The number of H-pyrrole nitrogens is 1. The predicted molar refractivity (Wildman–Crippen MR) is 66.3 cm³/mol. The van der Waals surface area contributed by atoms with Gasteiger partial charge in [0, 0.05) is 12.4 Å². The number of hydrogen-bond donors (Lipinski definition) is 1. The molecule has 0 spiro atoms. The summed E-state index contributed by atoms with van der Waals surface area (Å²) in [6.45, 7) is 4.96. The lowest BCUT2D eigenvalue weighted by Gasteiger charge is -2.19. The van der Waals surface area contributed by atoms with E-state index in [2.05, 4.69) is 21.8 Å². The summed E-state index contributed by atoms with van der Waals surface area (Å²) in [5.74, 6) is 2.01. The zero-order chi connectivity index (χ0) is 11.9. The highest BCUT2D eigenvalue weighted by molar-refractivity contribution is 4.98. The quantitative estimate of drug-likeness (QED) is 0.799. The highest BCUT2D eigenvalue weighted by Crippen LogP contribution is 2.09. The Hall–Kier alpha value is -1.55. The van der Waals surface area contributed by atoms with Crippen molar-refractivity contribution in [2.75, 3.05) is 6.54 Å². The van der Waals surface area contributed by atoms with Crippen LogP contribution in [0.5, 0.6) is 0 Å². The number of rotatable bonds is 7. The molecule has 2 rings (SSSR count). The number of imidazole rings is 1. The van der Waals surface area contributed by atoms with E-state index < -0.39 is 0 Å². The number of hydrogen-bond acceptors (Lipinski definition) is 3. The van der Waals surface area contributed by atoms with Crippen LogP contribution in [0.4, 0.5) is 0 Å². The molecule has 1 N–H and O–H groups in total. The molecule has 0 atom stereocenters. The maximum Gasteiger partial charge on any atom is 0.120 e. The molecule has 0 amide bonds. The van der Waals surface area contributed by atoms with Crippen LogP contribution in [0.2, 0.25) is 0 Å². The first-order valence-corrected chi connectivity index (χ1v) is 6.11. The summed E-state index contributed by atoms with van der Waals surface area (Å²) in [7, 11) is 0. The van der Waals surface area contributed by atoms with E-state index in [1.807, 2.05) is 18.3 Å². The second-order valence-electron chi connectivity index (χ2n) is 4.18. The summed E-state index contributed by atoms with van der Waals surface area (Å²) in [5.41, 5.74) is 0. The predicted octanol–water partition coefficient (Wildman–Crippen LogP) is 2.81. The maximum atomic E-state index is 5.39.